The molecule has 0 radical (unpaired) electrons. The van der Waals surface area contributed by atoms with Gasteiger partial charge < -0.3 is 15.1 Å². The van der Waals surface area contributed by atoms with Crippen LogP contribution < -0.4 is 4.90 Å². The lowest BCUT2D eigenvalue weighted by molar-refractivity contribution is 0.145. The molecular weight excluding hydrogens is 192 g/mol. The molecule has 0 spiro atoms. The first-order chi connectivity index (χ1) is 7.31. The number of hydrogen-bond acceptors (Lipinski definition) is 4. The fourth-order valence-electron chi connectivity index (χ4n) is 1.92. The first kappa shape index (κ1) is 10.4. The van der Waals surface area contributed by atoms with Crippen LogP contribution in [0.25, 0.3) is 0 Å². The number of piperidine rings is 1. The highest BCUT2D eigenvalue weighted by Gasteiger charge is 2.19. The van der Waals surface area contributed by atoms with Crippen LogP contribution >= 0.6 is 0 Å². The number of aliphatic hydroxyl groups is 2. The molecule has 0 saturated carbocycles. The van der Waals surface area contributed by atoms with Crippen molar-refractivity contribution in [2.45, 2.75) is 25.6 Å². The Labute approximate surface area is 89.2 Å². The van der Waals surface area contributed by atoms with Crippen LogP contribution in [0.4, 0.5) is 5.82 Å². The maximum atomic E-state index is 9.40. The SMILES string of the molecule is OCc1cccnc1N1CCC(O)CC1. The summed E-state index contributed by atoms with van der Waals surface area (Å²) in [7, 11) is 0. The molecule has 2 heterocycles. The summed E-state index contributed by atoms with van der Waals surface area (Å²) in [6.45, 7) is 1.64. The fourth-order valence-corrected chi connectivity index (χ4v) is 1.92. The first-order valence-corrected chi connectivity index (χ1v) is 5.29. The minimum Gasteiger partial charge on any atom is -0.393 e. The van der Waals surface area contributed by atoms with Crippen LogP contribution in [0.5, 0.6) is 0 Å². The Bertz CT molecular complexity index is 322. The lowest BCUT2D eigenvalue weighted by atomic mass is 10.1. The molecule has 0 aliphatic carbocycles. The van der Waals surface area contributed by atoms with Crippen molar-refractivity contribution in [3.05, 3.63) is 23.9 Å². The molecule has 2 N–H and O–H groups in total. The van der Waals surface area contributed by atoms with E-state index in [-0.39, 0.29) is 12.7 Å². The molecule has 4 heteroatoms. The summed E-state index contributed by atoms with van der Waals surface area (Å²) in [5.41, 5.74) is 0.855. The third kappa shape index (κ3) is 2.27. The van der Waals surface area contributed by atoms with E-state index >= 15 is 0 Å². The van der Waals surface area contributed by atoms with Gasteiger partial charge in [-0.1, -0.05) is 6.07 Å². The number of hydrogen-bond donors (Lipinski definition) is 2. The van der Waals surface area contributed by atoms with Crippen LogP contribution in [0.2, 0.25) is 0 Å². The molecule has 0 aromatic carbocycles. The molecule has 1 aliphatic heterocycles. The van der Waals surface area contributed by atoms with Crippen molar-refractivity contribution in [1.29, 1.82) is 0 Å². The van der Waals surface area contributed by atoms with E-state index in [4.69, 9.17) is 0 Å². The molecule has 15 heavy (non-hydrogen) atoms. The lowest BCUT2D eigenvalue weighted by Crippen LogP contribution is -2.36. The molecule has 0 bridgehead atoms. The standard InChI is InChI=1S/C11H16N2O2/c14-8-9-2-1-5-12-11(9)13-6-3-10(15)4-7-13/h1-2,5,10,14-15H,3-4,6-8H2. The van der Waals surface area contributed by atoms with Gasteiger partial charge in [-0.25, -0.2) is 4.98 Å². The summed E-state index contributed by atoms with van der Waals surface area (Å²) in [4.78, 5) is 6.41. The van der Waals surface area contributed by atoms with Crippen molar-refractivity contribution in [2.24, 2.45) is 0 Å². The number of aromatic nitrogens is 1. The highest BCUT2D eigenvalue weighted by molar-refractivity contribution is 5.46. The van der Waals surface area contributed by atoms with E-state index in [1.54, 1.807) is 6.20 Å². The van der Waals surface area contributed by atoms with Gasteiger partial charge in [0.2, 0.25) is 0 Å². The zero-order valence-electron chi connectivity index (χ0n) is 8.63. The quantitative estimate of drug-likeness (QED) is 0.744. The van der Waals surface area contributed by atoms with E-state index in [0.29, 0.717) is 0 Å². The average Bonchev–Trinajstić information content (AvgIpc) is 2.30. The first-order valence-electron chi connectivity index (χ1n) is 5.29. The molecular formula is C11H16N2O2. The monoisotopic (exact) mass is 208 g/mol. The van der Waals surface area contributed by atoms with Gasteiger partial charge in [-0.3, -0.25) is 0 Å². The van der Waals surface area contributed by atoms with Crippen LogP contribution in [0.15, 0.2) is 18.3 Å². The van der Waals surface area contributed by atoms with Crippen molar-refractivity contribution < 1.29 is 10.2 Å². The van der Waals surface area contributed by atoms with Gasteiger partial charge >= 0.3 is 0 Å². The Morgan fingerprint density at radius 2 is 2.13 bits per heavy atom. The number of pyridine rings is 1. The Morgan fingerprint density at radius 1 is 1.40 bits per heavy atom. The van der Waals surface area contributed by atoms with Crippen LogP contribution in [0.1, 0.15) is 18.4 Å². The van der Waals surface area contributed by atoms with Crippen molar-refractivity contribution in [3.8, 4) is 0 Å². The summed E-state index contributed by atoms with van der Waals surface area (Å²) in [5.74, 6) is 0.854. The Hall–Kier alpha value is -1.13. The van der Waals surface area contributed by atoms with Crippen molar-refractivity contribution >= 4 is 5.82 Å². The van der Waals surface area contributed by atoms with Gasteiger partial charge in [-0.2, -0.15) is 0 Å². The third-order valence-electron chi connectivity index (χ3n) is 2.80. The average molecular weight is 208 g/mol. The molecule has 1 saturated heterocycles. The van der Waals surface area contributed by atoms with E-state index in [2.05, 4.69) is 9.88 Å². The van der Waals surface area contributed by atoms with Crippen LogP contribution in [-0.4, -0.2) is 34.4 Å². The molecule has 82 valence electrons. The third-order valence-corrected chi connectivity index (χ3v) is 2.80. The minimum atomic E-state index is -0.178. The Kier molecular flexibility index (Phi) is 3.18. The van der Waals surface area contributed by atoms with Crippen LogP contribution in [0, 0.1) is 0 Å². The van der Waals surface area contributed by atoms with Gasteiger partial charge in [-0.05, 0) is 18.9 Å². The van der Waals surface area contributed by atoms with Crippen molar-refractivity contribution in [2.75, 3.05) is 18.0 Å². The van der Waals surface area contributed by atoms with Crippen LogP contribution in [0.3, 0.4) is 0 Å². The van der Waals surface area contributed by atoms with Gasteiger partial charge in [0.25, 0.3) is 0 Å². The van der Waals surface area contributed by atoms with E-state index in [1.165, 1.54) is 0 Å². The number of rotatable bonds is 2. The topological polar surface area (TPSA) is 56.6 Å². The molecule has 0 amide bonds. The molecule has 1 aromatic heterocycles. The predicted octanol–water partition coefficient (Wildman–Crippen LogP) is 0.535. The summed E-state index contributed by atoms with van der Waals surface area (Å²) >= 11 is 0. The van der Waals surface area contributed by atoms with Gasteiger partial charge in [-0.15, -0.1) is 0 Å². The van der Waals surface area contributed by atoms with Gasteiger partial charge in [0.1, 0.15) is 5.82 Å². The number of aliphatic hydroxyl groups excluding tert-OH is 2. The molecule has 0 atom stereocenters. The zero-order valence-corrected chi connectivity index (χ0v) is 8.63. The Balaban J connectivity index is 2.15. The van der Waals surface area contributed by atoms with Gasteiger partial charge in [0, 0.05) is 24.8 Å². The summed E-state index contributed by atoms with van der Waals surface area (Å²) in [5, 5.41) is 18.6. The largest absolute Gasteiger partial charge is 0.393 e. The lowest BCUT2D eigenvalue weighted by Gasteiger charge is -2.31. The summed E-state index contributed by atoms with van der Waals surface area (Å²) in [6, 6.07) is 3.71. The summed E-state index contributed by atoms with van der Waals surface area (Å²) < 4.78 is 0. The predicted molar refractivity (Wildman–Crippen MR) is 57.6 cm³/mol. The molecule has 0 unspecified atom stereocenters. The van der Waals surface area contributed by atoms with Gasteiger partial charge in [0.15, 0.2) is 0 Å². The second kappa shape index (κ2) is 4.59. The fraction of sp³-hybridized carbons (Fsp3) is 0.545. The van der Waals surface area contributed by atoms with Crippen LogP contribution in [-0.2, 0) is 6.61 Å². The molecule has 1 aliphatic rings. The molecule has 2 rings (SSSR count). The smallest absolute Gasteiger partial charge is 0.134 e. The zero-order chi connectivity index (χ0) is 10.7. The Morgan fingerprint density at radius 3 is 2.80 bits per heavy atom. The minimum absolute atomic E-state index is 0.0161. The van der Waals surface area contributed by atoms with Crippen molar-refractivity contribution in [1.82, 2.24) is 4.98 Å². The summed E-state index contributed by atoms with van der Waals surface area (Å²) in [6.07, 6.45) is 3.12. The van der Waals surface area contributed by atoms with E-state index in [1.807, 2.05) is 12.1 Å². The van der Waals surface area contributed by atoms with Gasteiger partial charge in [0.05, 0.1) is 12.7 Å². The number of nitrogens with zero attached hydrogens (tertiary/aromatic N) is 2. The maximum absolute atomic E-state index is 9.40. The van der Waals surface area contributed by atoms with E-state index in [9.17, 15) is 10.2 Å². The molecule has 1 fully saturated rings. The second-order valence-electron chi connectivity index (χ2n) is 3.86. The maximum Gasteiger partial charge on any atom is 0.134 e. The molecule has 1 aromatic rings. The van der Waals surface area contributed by atoms with E-state index in [0.717, 1.165) is 37.3 Å². The second-order valence-corrected chi connectivity index (χ2v) is 3.86. The van der Waals surface area contributed by atoms with Crippen molar-refractivity contribution in [3.63, 3.8) is 0 Å². The normalized spacial score (nSPS) is 18.1. The highest BCUT2D eigenvalue weighted by Crippen LogP contribution is 2.21. The number of anilines is 1. The van der Waals surface area contributed by atoms with E-state index < -0.39 is 0 Å². The molecule has 4 nitrogen and oxygen atoms in total. The highest BCUT2D eigenvalue weighted by atomic mass is 16.3.